The molecule has 2 rings (SSSR count). The van der Waals surface area contributed by atoms with Crippen LogP contribution in [0, 0.1) is 11.3 Å². The highest BCUT2D eigenvalue weighted by atomic mass is 16.5. The number of benzene rings is 1. The predicted molar refractivity (Wildman–Crippen MR) is 73.0 cm³/mol. The van der Waals surface area contributed by atoms with E-state index in [1.165, 1.54) is 12.8 Å². The minimum atomic E-state index is 0.417. The van der Waals surface area contributed by atoms with Gasteiger partial charge in [0, 0.05) is 18.7 Å². The highest BCUT2D eigenvalue weighted by molar-refractivity contribution is 5.41. The number of ether oxygens (including phenoxy) is 2. The lowest BCUT2D eigenvalue weighted by Crippen LogP contribution is -2.20. The standard InChI is InChI=1S/C15H20N2O2/c1-18-15-5-4-12(10-16)9-13(15)11-17-7-6-14-3-2-8-19-14/h4-5,9,14,17H,2-3,6-8,11H2,1H3. The lowest BCUT2D eigenvalue weighted by Gasteiger charge is -2.12. The molecule has 0 aromatic heterocycles. The van der Waals surface area contributed by atoms with Crippen molar-refractivity contribution in [3.8, 4) is 11.8 Å². The molecule has 102 valence electrons. The van der Waals surface area contributed by atoms with Crippen LogP contribution in [0.3, 0.4) is 0 Å². The minimum absolute atomic E-state index is 0.417. The summed E-state index contributed by atoms with van der Waals surface area (Å²) < 4.78 is 10.9. The number of nitriles is 1. The van der Waals surface area contributed by atoms with E-state index in [1.807, 2.05) is 12.1 Å². The molecule has 1 heterocycles. The third-order valence-electron chi connectivity index (χ3n) is 3.39. The average Bonchev–Trinajstić information content (AvgIpc) is 2.96. The number of rotatable bonds is 6. The zero-order chi connectivity index (χ0) is 13.5. The van der Waals surface area contributed by atoms with E-state index >= 15 is 0 Å². The maximum absolute atomic E-state index is 8.91. The molecule has 19 heavy (non-hydrogen) atoms. The minimum Gasteiger partial charge on any atom is -0.496 e. The summed E-state index contributed by atoms with van der Waals surface area (Å²) in [7, 11) is 1.65. The van der Waals surface area contributed by atoms with E-state index in [2.05, 4.69) is 11.4 Å². The molecule has 1 N–H and O–H groups in total. The molecule has 1 atom stereocenters. The lowest BCUT2D eigenvalue weighted by molar-refractivity contribution is 0.104. The molecule has 1 aliphatic rings. The van der Waals surface area contributed by atoms with Crippen molar-refractivity contribution >= 4 is 0 Å². The Labute approximate surface area is 114 Å². The summed E-state index contributed by atoms with van der Waals surface area (Å²) >= 11 is 0. The van der Waals surface area contributed by atoms with Crippen molar-refractivity contribution in [1.82, 2.24) is 5.32 Å². The summed E-state index contributed by atoms with van der Waals surface area (Å²) in [6.45, 7) is 2.54. The molecule has 0 saturated carbocycles. The second-order valence-electron chi connectivity index (χ2n) is 4.74. The summed E-state index contributed by atoms with van der Waals surface area (Å²) in [5.74, 6) is 0.823. The lowest BCUT2D eigenvalue weighted by atomic mass is 10.1. The molecular formula is C15H20N2O2. The van der Waals surface area contributed by atoms with E-state index in [-0.39, 0.29) is 0 Å². The zero-order valence-electron chi connectivity index (χ0n) is 11.3. The first-order chi connectivity index (χ1) is 9.33. The summed E-state index contributed by atoms with van der Waals surface area (Å²) in [4.78, 5) is 0. The zero-order valence-corrected chi connectivity index (χ0v) is 11.3. The third kappa shape index (κ3) is 3.95. The van der Waals surface area contributed by atoms with E-state index in [9.17, 15) is 0 Å². The van der Waals surface area contributed by atoms with Crippen LogP contribution in [0.4, 0.5) is 0 Å². The molecule has 1 aliphatic heterocycles. The fourth-order valence-corrected chi connectivity index (χ4v) is 2.34. The fraction of sp³-hybridized carbons (Fsp3) is 0.533. The summed E-state index contributed by atoms with van der Waals surface area (Å²) in [6, 6.07) is 7.64. The maximum atomic E-state index is 8.91. The Bertz CT molecular complexity index is 448. The van der Waals surface area contributed by atoms with Crippen LogP contribution in [0.15, 0.2) is 18.2 Å². The second-order valence-corrected chi connectivity index (χ2v) is 4.74. The molecule has 1 unspecified atom stereocenters. The van der Waals surface area contributed by atoms with Crippen molar-refractivity contribution in [3.63, 3.8) is 0 Å². The van der Waals surface area contributed by atoms with Gasteiger partial charge >= 0.3 is 0 Å². The maximum Gasteiger partial charge on any atom is 0.123 e. The Balaban J connectivity index is 1.82. The Morgan fingerprint density at radius 1 is 1.53 bits per heavy atom. The number of hydrogen-bond acceptors (Lipinski definition) is 4. The number of methoxy groups -OCH3 is 1. The molecular weight excluding hydrogens is 240 g/mol. The molecule has 4 heteroatoms. The molecule has 1 saturated heterocycles. The molecule has 1 fully saturated rings. The van der Waals surface area contributed by atoms with Crippen LogP contribution in [-0.4, -0.2) is 26.4 Å². The van der Waals surface area contributed by atoms with E-state index in [4.69, 9.17) is 14.7 Å². The molecule has 0 aliphatic carbocycles. The van der Waals surface area contributed by atoms with Gasteiger partial charge in [0.25, 0.3) is 0 Å². The summed E-state index contributed by atoms with van der Waals surface area (Å²) in [5, 5.41) is 12.3. The third-order valence-corrected chi connectivity index (χ3v) is 3.39. The van der Waals surface area contributed by atoms with Crippen LogP contribution in [-0.2, 0) is 11.3 Å². The second kappa shape index (κ2) is 7.13. The van der Waals surface area contributed by atoms with Crippen molar-refractivity contribution < 1.29 is 9.47 Å². The molecule has 1 aromatic carbocycles. The molecule has 0 radical (unpaired) electrons. The normalized spacial score (nSPS) is 18.2. The van der Waals surface area contributed by atoms with Crippen molar-refractivity contribution in [2.45, 2.75) is 31.9 Å². The number of nitrogens with one attached hydrogen (secondary N) is 1. The molecule has 4 nitrogen and oxygen atoms in total. The average molecular weight is 260 g/mol. The smallest absolute Gasteiger partial charge is 0.123 e. The van der Waals surface area contributed by atoms with Crippen molar-refractivity contribution in [3.05, 3.63) is 29.3 Å². The SMILES string of the molecule is COc1ccc(C#N)cc1CNCCC1CCCO1. The van der Waals surface area contributed by atoms with E-state index < -0.39 is 0 Å². The largest absolute Gasteiger partial charge is 0.496 e. The Hall–Kier alpha value is -1.57. The Morgan fingerprint density at radius 3 is 3.11 bits per heavy atom. The first kappa shape index (κ1) is 13.9. The van der Waals surface area contributed by atoms with E-state index in [0.717, 1.165) is 30.9 Å². The van der Waals surface area contributed by atoms with Crippen LogP contribution < -0.4 is 10.1 Å². The van der Waals surface area contributed by atoms with Gasteiger partial charge in [-0.25, -0.2) is 0 Å². The number of hydrogen-bond donors (Lipinski definition) is 1. The number of nitrogens with zero attached hydrogens (tertiary/aromatic N) is 1. The van der Waals surface area contributed by atoms with E-state index in [1.54, 1.807) is 13.2 Å². The van der Waals surface area contributed by atoms with Gasteiger partial charge in [-0.05, 0) is 44.0 Å². The van der Waals surface area contributed by atoms with Crippen LogP contribution in [0.2, 0.25) is 0 Å². The van der Waals surface area contributed by atoms with Crippen LogP contribution in [0.1, 0.15) is 30.4 Å². The van der Waals surface area contributed by atoms with Crippen molar-refractivity contribution in [2.75, 3.05) is 20.3 Å². The fourth-order valence-electron chi connectivity index (χ4n) is 2.34. The highest BCUT2D eigenvalue weighted by Gasteiger charge is 2.14. The topological polar surface area (TPSA) is 54.3 Å². The molecule has 0 spiro atoms. The van der Waals surface area contributed by atoms with Gasteiger partial charge in [0.1, 0.15) is 5.75 Å². The van der Waals surface area contributed by atoms with Gasteiger partial charge in [-0.1, -0.05) is 0 Å². The summed E-state index contributed by atoms with van der Waals surface area (Å²) in [6.07, 6.45) is 3.82. The van der Waals surface area contributed by atoms with Crippen molar-refractivity contribution in [2.24, 2.45) is 0 Å². The quantitative estimate of drug-likeness (QED) is 0.797. The van der Waals surface area contributed by atoms with Gasteiger partial charge < -0.3 is 14.8 Å². The van der Waals surface area contributed by atoms with Crippen LogP contribution in [0.5, 0.6) is 5.75 Å². The first-order valence-electron chi connectivity index (χ1n) is 6.73. The first-order valence-corrected chi connectivity index (χ1v) is 6.73. The van der Waals surface area contributed by atoms with Gasteiger partial charge in [-0.3, -0.25) is 0 Å². The van der Waals surface area contributed by atoms with Crippen molar-refractivity contribution in [1.29, 1.82) is 5.26 Å². The van der Waals surface area contributed by atoms with Crippen LogP contribution >= 0.6 is 0 Å². The monoisotopic (exact) mass is 260 g/mol. The van der Waals surface area contributed by atoms with E-state index in [0.29, 0.717) is 18.2 Å². The summed E-state index contributed by atoms with van der Waals surface area (Å²) in [5.41, 5.74) is 1.69. The molecule has 0 bridgehead atoms. The molecule has 0 amide bonds. The van der Waals surface area contributed by atoms with Gasteiger partial charge in [0.2, 0.25) is 0 Å². The Kier molecular flexibility index (Phi) is 5.20. The predicted octanol–water partition coefficient (Wildman–Crippen LogP) is 2.23. The van der Waals surface area contributed by atoms with Gasteiger partial charge in [-0.2, -0.15) is 5.26 Å². The van der Waals surface area contributed by atoms with Crippen LogP contribution in [0.25, 0.3) is 0 Å². The van der Waals surface area contributed by atoms with Gasteiger partial charge in [0.05, 0.1) is 24.8 Å². The Morgan fingerprint density at radius 2 is 2.42 bits per heavy atom. The molecule has 1 aromatic rings. The van der Waals surface area contributed by atoms with Gasteiger partial charge in [-0.15, -0.1) is 0 Å². The van der Waals surface area contributed by atoms with Gasteiger partial charge in [0.15, 0.2) is 0 Å². The highest BCUT2D eigenvalue weighted by Crippen LogP contribution is 2.19.